The lowest BCUT2D eigenvalue weighted by atomic mass is 9.75. The second kappa shape index (κ2) is 6.73. The van der Waals surface area contributed by atoms with Crippen LogP contribution >= 0.6 is 0 Å². The summed E-state index contributed by atoms with van der Waals surface area (Å²) >= 11 is 0. The lowest BCUT2D eigenvalue weighted by Crippen LogP contribution is -2.39. The number of carbonyl (C=O) groups is 1. The Morgan fingerprint density at radius 2 is 1.59 bits per heavy atom. The maximum atomic E-state index is 13.9. The zero-order valence-electron chi connectivity index (χ0n) is 12.9. The van der Waals surface area contributed by atoms with Crippen LogP contribution in [0.3, 0.4) is 0 Å². The molecule has 1 atom stereocenters. The summed E-state index contributed by atoms with van der Waals surface area (Å²) in [6.45, 7) is 3.28. The molecule has 116 valence electrons. The Morgan fingerprint density at radius 1 is 1.05 bits per heavy atom. The number of halogens is 1. The lowest BCUT2D eigenvalue weighted by Gasteiger charge is -2.27. The fourth-order valence-electron chi connectivity index (χ4n) is 2.74. The van der Waals surface area contributed by atoms with Gasteiger partial charge in [-0.05, 0) is 29.0 Å². The molecule has 3 heteroatoms. The third-order valence-electron chi connectivity index (χ3n) is 3.92. The number of hydrogen-bond donors (Lipinski definition) is 1. The van der Waals surface area contributed by atoms with Crippen LogP contribution in [0.15, 0.2) is 54.6 Å². The minimum atomic E-state index is -1.64. The first-order valence-electron chi connectivity index (χ1n) is 7.45. The Morgan fingerprint density at radius 3 is 2.05 bits per heavy atom. The Bertz CT molecular complexity index is 620. The molecule has 0 aliphatic carbocycles. The highest BCUT2D eigenvalue weighted by atomic mass is 19.1. The van der Waals surface area contributed by atoms with E-state index in [1.165, 1.54) is 0 Å². The zero-order valence-corrected chi connectivity index (χ0v) is 12.9. The van der Waals surface area contributed by atoms with Crippen molar-refractivity contribution in [2.75, 3.05) is 6.67 Å². The molecule has 1 N–H and O–H groups in total. The van der Waals surface area contributed by atoms with E-state index in [9.17, 15) is 14.3 Å². The smallest absolute Gasteiger partial charge is 0.321 e. The molecule has 0 bridgehead atoms. The van der Waals surface area contributed by atoms with Crippen LogP contribution in [0.25, 0.3) is 0 Å². The number of benzene rings is 2. The van der Waals surface area contributed by atoms with Gasteiger partial charge in [0.25, 0.3) is 0 Å². The monoisotopic (exact) mass is 300 g/mol. The minimum absolute atomic E-state index is 0.460. The summed E-state index contributed by atoms with van der Waals surface area (Å²) in [5.41, 5.74) is 0.422. The van der Waals surface area contributed by atoms with Crippen LogP contribution in [-0.2, 0) is 16.6 Å². The largest absolute Gasteiger partial charge is 0.480 e. The predicted octanol–water partition coefficient (Wildman–Crippen LogP) is 4.23. The molecule has 0 aromatic heterocycles. The third kappa shape index (κ3) is 3.03. The van der Waals surface area contributed by atoms with Crippen molar-refractivity contribution in [3.8, 4) is 0 Å². The number of carboxylic acid groups (broad SMARTS) is 1. The Labute approximate surface area is 130 Å². The van der Waals surface area contributed by atoms with E-state index >= 15 is 0 Å². The van der Waals surface area contributed by atoms with E-state index in [4.69, 9.17) is 0 Å². The first-order chi connectivity index (χ1) is 10.5. The number of carboxylic acids is 1. The molecule has 0 aliphatic rings. The first-order valence-corrected chi connectivity index (χ1v) is 7.45. The van der Waals surface area contributed by atoms with E-state index in [0.717, 1.165) is 12.0 Å². The van der Waals surface area contributed by atoms with Crippen molar-refractivity contribution in [3.05, 3.63) is 71.3 Å². The van der Waals surface area contributed by atoms with Crippen LogP contribution in [-0.4, -0.2) is 17.8 Å². The van der Waals surface area contributed by atoms with E-state index in [-0.39, 0.29) is 0 Å². The van der Waals surface area contributed by atoms with Gasteiger partial charge in [0, 0.05) is 0 Å². The van der Waals surface area contributed by atoms with Crippen molar-refractivity contribution in [3.63, 3.8) is 0 Å². The Hall–Kier alpha value is -2.16. The second-order valence-electron chi connectivity index (χ2n) is 6.01. The summed E-state index contributed by atoms with van der Waals surface area (Å²) in [7, 11) is 0. The molecular formula is C19H21FO2. The first kappa shape index (κ1) is 16.2. The Kier molecular flexibility index (Phi) is 4.96. The molecule has 0 radical (unpaired) electrons. The van der Waals surface area contributed by atoms with Crippen LogP contribution in [0.5, 0.6) is 0 Å². The highest BCUT2D eigenvalue weighted by molar-refractivity contribution is 5.86. The molecule has 2 nitrogen and oxygen atoms in total. The molecule has 22 heavy (non-hydrogen) atoms. The van der Waals surface area contributed by atoms with E-state index in [0.29, 0.717) is 17.0 Å². The molecule has 0 aliphatic heterocycles. The highest BCUT2D eigenvalue weighted by Crippen LogP contribution is 2.33. The highest BCUT2D eigenvalue weighted by Gasteiger charge is 2.42. The maximum Gasteiger partial charge on any atom is 0.321 e. The van der Waals surface area contributed by atoms with Crippen LogP contribution in [0.4, 0.5) is 4.39 Å². The summed E-state index contributed by atoms with van der Waals surface area (Å²) in [4.78, 5) is 11.9. The van der Waals surface area contributed by atoms with Crippen molar-refractivity contribution in [2.24, 2.45) is 5.92 Å². The normalized spacial score (nSPS) is 13.8. The predicted molar refractivity (Wildman–Crippen MR) is 85.8 cm³/mol. The fourth-order valence-corrected chi connectivity index (χ4v) is 2.74. The van der Waals surface area contributed by atoms with Crippen LogP contribution in [0.1, 0.15) is 30.5 Å². The average Bonchev–Trinajstić information content (AvgIpc) is 2.50. The van der Waals surface area contributed by atoms with Gasteiger partial charge in [-0.15, -0.1) is 0 Å². The van der Waals surface area contributed by atoms with Gasteiger partial charge in [-0.2, -0.15) is 0 Å². The molecule has 0 saturated heterocycles. The van der Waals surface area contributed by atoms with E-state index in [2.05, 4.69) is 13.8 Å². The van der Waals surface area contributed by atoms with E-state index < -0.39 is 18.1 Å². The molecule has 1 unspecified atom stereocenters. The lowest BCUT2D eigenvalue weighted by molar-refractivity contribution is -0.142. The van der Waals surface area contributed by atoms with Crippen molar-refractivity contribution < 1.29 is 14.3 Å². The molecule has 0 heterocycles. The average molecular weight is 300 g/mol. The SMILES string of the molecule is CC(C)Cc1ccc(C(CF)(C(=O)O)c2ccccc2)cc1. The van der Waals surface area contributed by atoms with Gasteiger partial charge in [0.2, 0.25) is 0 Å². The van der Waals surface area contributed by atoms with Gasteiger partial charge < -0.3 is 5.11 Å². The van der Waals surface area contributed by atoms with Gasteiger partial charge in [-0.1, -0.05) is 68.4 Å². The van der Waals surface area contributed by atoms with Crippen molar-refractivity contribution in [1.29, 1.82) is 0 Å². The quantitative estimate of drug-likeness (QED) is 0.867. The molecule has 0 amide bonds. The second-order valence-corrected chi connectivity index (χ2v) is 6.01. The van der Waals surface area contributed by atoms with Gasteiger partial charge in [-0.3, -0.25) is 4.79 Å². The molecule has 0 saturated carbocycles. The maximum absolute atomic E-state index is 13.9. The van der Waals surface area contributed by atoms with Gasteiger partial charge in [0.15, 0.2) is 0 Å². The number of hydrogen-bond acceptors (Lipinski definition) is 1. The standard InChI is InChI=1S/C19H21FO2/c1-14(2)12-15-8-10-17(11-9-15)19(13-20,18(21)22)16-6-4-3-5-7-16/h3-11,14H,12-13H2,1-2H3,(H,21,22). The fraction of sp³-hybridized carbons (Fsp3) is 0.316. The van der Waals surface area contributed by atoms with Gasteiger partial charge in [-0.25, -0.2) is 4.39 Å². The van der Waals surface area contributed by atoms with Crippen LogP contribution in [0.2, 0.25) is 0 Å². The molecule has 2 rings (SSSR count). The summed E-state index contributed by atoms with van der Waals surface area (Å²) in [6.07, 6.45) is 0.918. The number of rotatable bonds is 6. The van der Waals surface area contributed by atoms with E-state index in [1.807, 2.05) is 12.1 Å². The molecule has 0 fully saturated rings. The third-order valence-corrected chi connectivity index (χ3v) is 3.92. The minimum Gasteiger partial charge on any atom is -0.480 e. The van der Waals surface area contributed by atoms with Crippen LogP contribution < -0.4 is 0 Å². The zero-order chi connectivity index (χ0) is 16.2. The summed E-state index contributed by atoms with van der Waals surface area (Å²) in [5, 5.41) is 9.71. The van der Waals surface area contributed by atoms with Crippen molar-refractivity contribution in [1.82, 2.24) is 0 Å². The molecule has 2 aromatic rings. The van der Waals surface area contributed by atoms with Gasteiger partial charge in [0.1, 0.15) is 12.1 Å². The topological polar surface area (TPSA) is 37.3 Å². The summed E-state index contributed by atoms with van der Waals surface area (Å²) < 4.78 is 13.9. The molecule has 2 aromatic carbocycles. The molecule has 0 spiro atoms. The Balaban J connectivity index is 2.49. The van der Waals surface area contributed by atoms with Gasteiger partial charge in [0.05, 0.1) is 0 Å². The van der Waals surface area contributed by atoms with Crippen molar-refractivity contribution in [2.45, 2.75) is 25.7 Å². The van der Waals surface area contributed by atoms with Crippen molar-refractivity contribution >= 4 is 5.97 Å². The van der Waals surface area contributed by atoms with E-state index in [1.54, 1.807) is 42.5 Å². The number of alkyl halides is 1. The molecular weight excluding hydrogens is 279 g/mol. The summed E-state index contributed by atoms with van der Waals surface area (Å²) in [5.74, 6) is -0.650. The van der Waals surface area contributed by atoms with Gasteiger partial charge >= 0.3 is 5.97 Å². The number of aliphatic carboxylic acids is 1. The summed E-state index contributed by atoms with van der Waals surface area (Å²) in [6, 6.07) is 15.8. The van der Waals surface area contributed by atoms with Crippen LogP contribution in [0, 0.1) is 5.92 Å².